The number of likely N-dealkylation sites (tertiary alicyclic amines) is 1. The number of hydrogen-bond acceptors (Lipinski definition) is 3. The van der Waals surface area contributed by atoms with Crippen molar-refractivity contribution in [1.29, 1.82) is 0 Å². The fraction of sp³-hybridized carbons (Fsp3) is 0.300. The molecule has 27 heavy (non-hydrogen) atoms. The molecule has 4 nitrogen and oxygen atoms in total. The molecule has 7 heteroatoms. The lowest BCUT2D eigenvalue weighted by Crippen LogP contribution is -2.38. The fourth-order valence-electron chi connectivity index (χ4n) is 3.60. The van der Waals surface area contributed by atoms with E-state index in [1.54, 1.807) is 29.2 Å². The zero-order valence-electron chi connectivity index (χ0n) is 14.4. The fourth-order valence-corrected chi connectivity index (χ4v) is 3.60. The summed E-state index contributed by atoms with van der Waals surface area (Å²) >= 11 is 0. The van der Waals surface area contributed by atoms with Gasteiger partial charge in [0.25, 0.3) is 5.89 Å². The molecule has 3 aromatic rings. The predicted octanol–water partition coefficient (Wildman–Crippen LogP) is 4.87. The monoisotopic (exact) mass is 374 g/mol. The van der Waals surface area contributed by atoms with Crippen LogP contribution in [0.2, 0.25) is 0 Å². The van der Waals surface area contributed by atoms with Crippen LogP contribution in [0.1, 0.15) is 40.6 Å². The van der Waals surface area contributed by atoms with E-state index in [-0.39, 0.29) is 17.7 Å². The number of oxazole rings is 1. The van der Waals surface area contributed by atoms with Gasteiger partial charge in [-0.15, -0.1) is 0 Å². The van der Waals surface area contributed by atoms with Gasteiger partial charge in [0.1, 0.15) is 5.52 Å². The maximum Gasteiger partial charge on any atom is 0.416 e. The zero-order chi connectivity index (χ0) is 19.0. The van der Waals surface area contributed by atoms with Gasteiger partial charge in [-0.3, -0.25) is 4.79 Å². The van der Waals surface area contributed by atoms with Crippen molar-refractivity contribution in [3.8, 4) is 0 Å². The number of piperidine rings is 1. The highest BCUT2D eigenvalue weighted by molar-refractivity contribution is 5.92. The van der Waals surface area contributed by atoms with E-state index in [4.69, 9.17) is 4.42 Å². The molecule has 0 unspecified atom stereocenters. The number of aromatic nitrogens is 1. The Morgan fingerprint density at radius 2 is 1.70 bits per heavy atom. The number of amides is 1. The molecule has 1 fully saturated rings. The summed E-state index contributed by atoms with van der Waals surface area (Å²) in [5.41, 5.74) is 0.859. The van der Waals surface area contributed by atoms with Crippen molar-refractivity contribution < 1.29 is 22.4 Å². The molecule has 2 aromatic carbocycles. The first-order valence-corrected chi connectivity index (χ1v) is 8.74. The van der Waals surface area contributed by atoms with Gasteiger partial charge in [0.2, 0.25) is 0 Å². The number of carbonyl (C=O) groups excluding carboxylic acids is 1. The normalized spacial score (nSPS) is 16.0. The first-order valence-electron chi connectivity index (χ1n) is 8.74. The lowest BCUT2D eigenvalue weighted by atomic mass is 9.86. The highest BCUT2D eigenvalue weighted by Crippen LogP contribution is 2.38. The molecule has 1 saturated heterocycles. The molecule has 0 radical (unpaired) electrons. The molecule has 140 valence electrons. The number of alkyl halides is 3. The van der Waals surface area contributed by atoms with Crippen LogP contribution in [0.25, 0.3) is 11.1 Å². The van der Waals surface area contributed by atoms with Crippen LogP contribution < -0.4 is 0 Å². The SMILES string of the molecule is O=C(c1nc2ccccc2o1)N1CCC(c2ccccc2C(F)(F)F)CC1. The second-order valence-electron chi connectivity index (χ2n) is 6.64. The molecule has 4 rings (SSSR count). The number of hydrogen-bond donors (Lipinski definition) is 0. The maximum atomic E-state index is 13.2. The van der Waals surface area contributed by atoms with Gasteiger partial charge in [0, 0.05) is 13.1 Å². The second-order valence-corrected chi connectivity index (χ2v) is 6.64. The van der Waals surface area contributed by atoms with E-state index in [1.807, 2.05) is 6.07 Å². The van der Waals surface area contributed by atoms with Crippen LogP contribution in [0.4, 0.5) is 13.2 Å². The van der Waals surface area contributed by atoms with Crippen molar-refractivity contribution in [3.63, 3.8) is 0 Å². The Bertz CT molecular complexity index is 940. The van der Waals surface area contributed by atoms with E-state index in [0.717, 1.165) is 6.07 Å². The van der Waals surface area contributed by atoms with Gasteiger partial charge in [-0.1, -0.05) is 30.3 Å². The zero-order valence-corrected chi connectivity index (χ0v) is 14.4. The molecular formula is C20H17F3N2O2. The van der Waals surface area contributed by atoms with Gasteiger partial charge < -0.3 is 9.32 Å². The molecule has 1 aliphatic rings. The van der Waals surface area contributed by atoms with Crippen molar-refractivity contribution >= 4 is 17.0 Å². The van der Waals surface area contributed by atoms with E-state index < -0.39 is 11.7 Å². The number of halogens is 3. The van der Waals surface area contributed by atoms with Crippen molar-refractivity contribution in [2.75, 3.05) is 13.1 Å². The standard InChI is InChI=1S/C20H17F3N2O2/c21-20(22,23)15-6-2-1-5-14(15)13-9-11-25(12-10-13)19(26)18-24-16-7-3-4-8-17(16)27-18/h1-8,13H,9-12H2. The number of carbonyl (C=O) groups is 1. The predicted molar refractivity (Wildman–Crippen MR) is 93.3 cm³/mol. The van der Waals surface area contributed by atoms with Gasteiger partial charge >= 0.3 is 12.1 Å². The van der Waals surface area contributed by atoms with Crippen LogP contribution in [0, 0.1) is 0 Å². The average Bonchev–Trinajstić information content (AvgIpc) is 3.11. The minimum absolute atomic E-state index is 0.0188. The number of fused-ring (bicyclic) bond motifs is 1. The molecule has 0 aliphatic carbocycles. The Hall–Kier alpha value is -2.83. The summed E-state index contributed by atoms with van der Waals surface area (Å²) in [6, 6.07) is 12.8. The Morgan fingerprint density at radius 1 is 1.04 bits per heavy atom. The number of benzene rings is 2. The van der Waals surface area contributed by atoms with Crippen molar-refractivity contribution in [3.05, 3.63) is 65.5 Å². The smallest absolute Gasteiger partial charge is 0.416 e. The van der Waals surface area contributed by atoms with Gasteiger partial charge in [-0.2, -0.15) is 13.2 Å². The Kier molecular flexibility index (Phi) is 4.37. The van der Waals surface area contributed by atoms with Crippen LogP contribution in [0.5, 0.6) is 0 Å². The van der Waals surface area contributed by atoms with Gasteiger partial charge in [0.15, 0.2) is 5.58 Å². The van der Waals surface area contributed by atoms with E-state index in [9.17, 15) is 18.0 Å². The maximum absolute atomic E-state index is 13.2. The minimum Gasteiger partial charge on any atom is -0.432 e. The first kappa shape index (κ1) is 17.6. The van der Waals surface area contributed by atoms with E-state index >= 15 is 0 Å². The molecule has 1 aromatic heterocycles. The molecule has 1 amide bonds. The highest BCUT2D eigenvalue weighted by atomic mass is 19.4. The molecule has 0 saturated carbocycles. The number of para-hydroxylation sites is 2. The van der Waals surface area contributed by atoms with Crippen LogP contribution in [-0.4, -0.2) is 28.9 Å². The first-order chi connectivity index (χ1) is 12.9. The minimum atomic E-state index is -4.37. The van der Waals surface area contributed by atoms with Crippen LogP contribution in [0.15, 0.2) is 52.9 Å². The topological polar surface area (TPSA) is 46.3 Å². The van der Waals surface area contributed by atoms with Gasteiger partial charge in [-0.05, 0) is 42.5 Å². The van der Waals surface area contributed by atoms with E-state index in [0.29, 0.717) is 42.6 Å². The molecule has 0 bridgehead atoms. The highest BCUT2D eigenvalue weighted by Gasteiger charge is 2.36. The second kappa shape index (κ2) is 6.72. The van der Waals surface area contributed by atoms with Crippen LogP contribution in [-0.2, 0) is 6.18 Å². The third kappa shape index (κ3) is 3.41. The molecule has 0 N–H and O–H groups in total. The van der Waals surface area contributed by atoms with Crippen molar-refractivity contribution in [2.24, 2.45) is 0 Å². The molecule has 0 spiro atoms. The quantitative estimate of drug-likeness (QED) is 0.643. The molecule has 0 atom stereocenters. The third-order valence-corrected chi connectivity index (χ3v) is 4.97. The van der Waals surface area contributed by atoms with Gasteiger partial charge in [0.05, 0.1) is 5.56 Å². The van der Waals surface area contributed by atoms with E-state index in [2.05, 4.69) is 4.98 Å². The van der Waals surface area contributed by atoms with Gasteiger partial charge in [-0.25, -0.2) is 4.98 Å². The molecular weight excluding hydrogens is 357 g/mol. The number of nitrogens with zero attached hydrogens (tertiary/aromatic N) is 2. The Morgan fingerprint density at radius 3 is 2.41 bits per heavy atom. The summed E-state index contributed by atoms with van der Waals surface area (Å²) in [5, 5.41) is 0. The lowest BCUT2D eigenvalue weighted by Gasteiger charge is -2.32. The van der Waals surface area contributed by atoms with E-state index in [1.165, 1.54) is 12.1 Å². The van der Waals surface area contributed by atoms with Crippen LogP contribution in [0.3, 0.4) is 0 Å². The Labute approximate surface area is 153 Å². The summed E-state index contributed by atoms with van der Waals surface area (Å²) in [5.74, 6) is -0.533. The molecule has 1 aliphatic heterocycles. The van der Waals surface area contributed by atoms with Crippen molar-refractivity contribution in [1.82, 2.24) is 9.88 Å². The Balaban J connectivity index is 1.49. The third-order valence-electron chi connectivity index (χ3n) is 4.97. The van der Waals surface area contributed by atoms with Crippen LogP contribution >= 0.6 is 0 Å². The average molecular weight is 374 g/mol. The number of rotatable bonds is 2. The lowest BCUT2D eigenvalue weighted by molar-refractivity contribution is -0.138. The summed E-state index contributed by atoms with van der Waals surface area (Å²) in [6.07, 6.45) is -3.43. The molecule has 2 heterocycles. The summed E-state index contributed by atoms with van der Waals surface area (Å²) < 4.78 is 45.2. The summed E-state index contributed by atoms with van der Waals surface area (Å²) in [4.78, 5) is 18.4. The van der Waals surface area contributed by atoms with Crippen molar-refractivity contribution in [2.45, 2.75) is 24.9 Å². The summed E-state index contributed by atoms with van der Waals surface area (Å²) in [6.45, 7) is 0.739. The largest absolute Gasteiger partial charge is 0.432 e. The summed E-state index contributed by atoms with van der Waals surface area (Å²) in [7, 11) is 0.